The monoisotopic (exact) mass is 395 g/mol. The van der Waals surface area contributed by atoms with Crippen LogP contribution in [0.1, 0.15) is 10.4 Å². The molecule has 2 aromatic carbocycles. The van der Waals surface area contributed by atoms with Crippen molar-refractivity contribution in [3.8, 4) is 22.4 Å². The largest absolute Gasteiger partial charge is 0.351 e. The van der Waals surface area contributed by atoms with Crippen molar-refractivity contribution in [3.63, 3.8) is 0 Å². The first-order chi connectivity index (χ1) is 13.4. The third kappa shape index (κ3) is 4.65. The molecule has 0 bridgehead atoms. The number of aromatic amines is 1. The molecule has 0 saturated carbocycles. The number of nitrogens with zero attached hydrogens (tertiary/aromatic N) is 1. The number of hydrogen-bond donors (Lipinski definition) is 2. The van der Waals surface area contributed by atoms with E-state index < -0.39 is 18.6 Å². The lowest BCUT2D eigenvalue weighted by Crippen LogP contribution is -2.33. The van der Waals surface area contributed by atoms with E-state index in [1.807, 2.05) is 60.7 Å². The number of benzene rings is 2. The molecule has 0 aliphatic heterocycles. The molecule has 6 nitrogen and oxygen atoms in total. The maximum atomic E-state index is 12.9. The highest BCUT2D eigenvalue weighted by atomic mass is 31.2. The average molecular weight is 395 g/mol. The maximum absolute atomic E-state index is 12.9. The number of carbonyl (C=O) groups is 1. The highest BCUT2D eigenvalue weighted by Gasteiger charge is 2.23. The van der Waals surface area contributed by atoms with Crippen LogP contribution < -0.4 is 10.9 Å². The average Bonchev–Trinajstić information content (AvgIpc) is 2.68. The summed E-state index contributed by atoms with van der Waals surface area (Å²) in [6.45, 7) is 3.57. The minimum atomic E-state index is -2.27. The van der Waals surface area contributed by atoms with Crippen LogP contribution in [-0.4, -0.2) is 42.1 Å². The van der Waals surface area contributed by atoms with Crippen LogP contribution in [0.3, 0.4) is 0 Å². The number of H-pyrrole nitrogens is 1. The Hall–Kier alpha value is -2.98. The summed E-state index contributed by atoms with van der Waals surface area (Å²) >= 11 is 0. The number of nitrogens with one attached hydrogen (secondary N) is 2. The SMILES string of the molecule is CP(C)(=O)CCNC(=O)c1c(-c2ccccc2)c(-c2ccccc2)n[nH]c1=O. The fraction of sp³-hybridized carbons (Fsp3) is 0.190. The van der Waals surface area contributed by atoms with Crippen molar-refractivity contribution in [2.24, 2.45) is 0 Å². The van der Waals surface area contributed by atoms with Gasteiger partial charge in [-0.1, -0.05) is 60.7 Å². The smallest absolute Gasteiger partial charge is 0.277 e. The van der Waals surface area contributed by atoms with Crippen LogP contribution in [-0.2, 0) is 4.57 Å². The molecule has 0 unspecified atom stereocenters. The van der Waals surface area contributed by atoms with Gasteiger partial charge in [0.1, 0.15) is 5.56 Å². The van der Waals surface area contributed by atoms with Gasteiger partial charge in [0.2, 0.25) is 0 Å². The Kier molecular flexibility index (Phi) is 5.90. The first-order valence-corrected chi connectivity index (χ1v) is 11.7. The Labute approximate surface area is 163 Å². The first kappa shape index (κ1) is 19.8. The molecule has 3 aromatic rings. The summed E-state index contributed by atoms with van der Waals surface area (Å²) in [5, 5.41) is 9.40. The van der Waals surface area contributed by atoms with Crippen molar-refractivity contribution in [2.75, 3.05) is 26.0 Å². The molecule has 3 rings (SSSR count). The minimum absolute atomic E-state index is 0.00194. The van der Waals surface area contributed by atoms with E-state index >= 15 is 0 Å². The van der Waals surface area contributed by atoms with E-state index in [1.165, 1.54) is 0 Å². The van der Waals surface area contributed by atoms with Gasteiger partial charge in [-0.3, -0.25) is 9.59 Å². The van der Waals surface area contributed by atoms with Gasteiger partial charge >= 0.3 is 0 Å². The second kappa shape index (κ2) is 8.36. The second-order valence-corrected chi connectivity index (χ2v) is 10.5. The molecule has 144 valence electrons. The van der Waals surface area contributed by atoms with Crippen LogP contribution >= 0.6 is 7.14 Å². The number of hydrogen-bond acceptors (Lipinski definition) is 4. The zero-order valence-corrected chi connectivity index (χ0v) is 16.7. The van der Waals surface area contributed by atoms with Gasteiger partial charge in [-0.25, -0.2) is 5.10 Å². The number of carbonyl (C=O) groups excluding carboxylic acids is 1. The molecule has 0 spiro atoms. The van der Waals surface area contributed by atoms with Gasteiger partial charge in [0, 0.05) is 23.8 Å². The fourth-order valence-electron chi connectivity index (χ4n) is 2.88. The molecule has 1 aromatic heterocycles. The molecule has 2 N–H and O–H groups in total. The van der Waals surface area contributed by atoms with Gasteiger partial charge in [-0.2, -0.15) is 5.10 Å². The quantitative estimate of drug-likeness (QED) is 0.626. The molecule has 1 heterocycles. The van der Waals surface area contributed by atoms with E-state index in [-0.39, 0.29) is 12.1 Å². The maximum Gasteiger partial charge on any atom is 0.277 e. The Bertz CT molecular complexity index is 1070. The van der Waals surface area contributed by atoms with Crippen LogP contribution in [0.15, 0.2) is 65.5 Å². The highest BCUT2D eigenvalue weighted by molar-refractivity contribution is 7.62. The summed E-state index contributed by atoms with van der Waals surface area (Å²) in [6, 6.07) is 18.6. The number of amides is 1. The molecule has 0 aliphatic carbocycles. The Morgan fingerprint density at radius 3 is 2.14 bits per heavy atom. The van der Waals surface area contributed by atoms with E-state index in [1.54, 1.807) is 13.3 Å². The summed E-state index contributed by atoms with van der Waals surface area (Å²) in [5.74, 6) is -0.506. The lowest BCUT2D eigenvalue weighted by Gasteiger charge is -2.14. The normalized spacial score (nSPS) is 11.2. The van der Waals surface area contributed by atoms with E-state index in [0.29, 0.717) is 17.4 Å². The molecule has 0 atom stereocenters. The van der Waals surface area contributed by atoms with Crippen molar-refractivity contribution >= 4 is 13.0 Å². The topological polar surface area (TPSA) is 91.9 Å². The molecule has 0 fully saturated rings. The highest BCUT2D eigenvalue weighted by Crippen LogP contribution is 2.34. The Morgan fingerprint density at radius 2 is 1.57 bits per heavy atom. The van der Waals surface area contributed by atoms with Crippen LogP contribution in [0.2, 0.25) is 0 Å². The molecule has 0 saturated heterocycles. The van der Waals surface area contributed by atoms with Crippen molar-refractivity contribution in [1.82, 2.24) is 15.5 Å². The Morgan fingerprint density at radius 1 is 1.00 bits per heavy atom. The predicted octanol–water partition coefficient (Wildman–Crippen LogP) is 3.46. The summed E-state index contributed by atoms with van der Waals surface area (Å²) in [5.41, 5.74) is 1.95. The van der Waals surface area contributed by atoms with Crippen molar-refractivity contribution < 1.29 is 9.36 Å². The molecular formula is C21H22N3O3P. The number of rotatable bonds is 6. The van der Waals surface area contributed by atoms with Gasteiger partial charge in [-0.05, 0) is 18.9 Å². The van der Waals surface area contributed by atoms with Gasteiger partial charge in [0.05, 0.1) is 12.8 Å². The molecule has 0 aliphatic rings. The Balaban J connectivity index is 2.12. The van der Waals surface area contributed by atoms with Crippen molar-refractivity contribution in [3.05, 3.63) is 76.6 Å². The molecule has 28 heavy (non-hydrogen) atoms. The fourth-order valence-corrected chi connectivity index (χ4v) is 3.54. The van der Waals surface area contributed by atoms with Gasteiger partial charge in [-0.15, -0.1) is 0 Å². The summed E-state index contributed by atoms with van der Waals surface area (Å²) in [7, 11) is -2.27. The zero-order chi connectivity index (χ0) is 20.1. The van der Waals surface area contributed by atoms with Gasteiger partial charge in [0.25, 0.3) is 11.5 Å². The van der Waals surface area contributed by atoms with Crippen LogP contribution in [0.25, 0.3) is 22.4 Å². The second-order valence-electron chi connectivity index (χ2n) is 6.94. The number of aromatic nitrogens is 2. The van der Waals surface area contributed by atoms with Crippen LogP contribution in [0.4, 0.5) is 0 Å². The van der Waals surface area contributed by atoms with Gasteiger partial charge in [0.15, 0.2) is 0 Å². The van der Waals surface area contributed by atoms with E-state index in [4.69, 9.17) is 0 Å². The van der Waals surface area contributed by atoms with Crippen molar-refractivity contribution in [1.29, 1.82) is 0 Å². The molecule has 1 amide bonds. The lowest BCUT2D eigenvalue weighted by atomic mass is 9.95. The minimum Gasteiger partial charge on any atom is -0.351 e. The van der Waals surface area contributed by atoms with E-state index in [2.05, 4.69) is 15.5 Å². The standard InChI is InChI=1S/C21H22N3O3P/c1-28(2,27)14-13-22-20(25)18-17(15-9-5-3-6-10-15)19(23-24-21(18)26)16-11-7-4-8-12-16/h3-12H,13-14H2,1-2H3,(H,22,25)(H,24,26). The molecule has 7 heteroatoms. The van der Waals surface area contributed by atoms with Crippen LogP contribution in [0.5, 0.6) is 0 Å². The van der Waals surface area contributed by atoms with E-state index in [0.717, 1.165) is 11.1 Å². The predicted molar refractivity (Wildman–Crippen MR) is 112 cm³/mol. The van der Waals surface area contributed by atoms with Gasteiger partial charge < -0.3 is 9.88 Å². The lowest BCUT2D eigenvalue weighted by molar-refractivity contribution is 0.0955. The third-order valence-corrected chi connectivity index (χ3v) is 5.56. The zero-order valence-electron chi connectivity index (χ0n) is 15.8. The molecular weight excluding hydrogens is 373 g/mol. The first-order valence-electron chi connectivity index (χ1n) is 8.92. The summed E-state index contributed by atoms with van der Waals surface area (Å²) < 4.78 is 11.9. The van der Waals surface area contributed by atoms with E-state index in [9.17, 15) is 14.2 Å². The third-order valence-electron chi connectivity index (χ3n) is 4.26. The van der Waals surface area contributed by atoms with Crippen molar-refractivity contribution in [2.45, 2.75) is 0 Å². The summed E-state index contributed by atoms with van der Waals surface area (Å²) in [6.07, 6.45) is 0.369. The summed E-state index contributed by atoms with van der Waals surface area (Å²) in [4.78, 5) is 25.4. The molecule has 0 radical (unpaired) electrons. The van der Waals surface area contributed by atoms with Crippen LogP contribution in [0, 0.1) is 0 Å².